The van der Waals surface area contributed by atoms with E-state index in [-0.39, 0.29) is 42.0 Å². The number of rotatable bonds is 10. The summed E-state index contributed by atoms with van der Waals surface area (Å²) in [6, 6.07) is 0.0198. The van der Waals surface area contributed by atoms with Gasteiger partial charge in [0.25, 0.3) is 0 Å². The minimum Gasteiger partial charge on any atom is -0.444 e. The molecule has 0 bridgehead atoms. The first-order chi connectivity index (χ1) is 14.0. The lowest BCUT2D eigenvalue weighted by molar-refractivity contribution is -0.127. The van der Waals surface area contributed by atoms with Gasteiger partial charge in [0.15, 0.2) is 5.96 Å². The lowest BCUT2D eigenvalue weighted by atomic mass is 10.0. The first-order valence-corrected chi connectivity index (χ1v) is 11.3. The Balaban J connectivity index is 0.00000900. The average molecular weight is 554 g/mol. The molecule has 2 amide bonds. The van der Waals surface area contributed by atoms with Crippen LogP contribution in [0.5, 0.6) is 0 Å². The van der Waals surface area contributed by atoms with E-state index in [1.54, 1.807) is 0 Å². The molecule has 1 aliphatic heterocycles. The summed E-state index contributed by atoms with van der Waals surface area (Å²) in [4.78, 5) is 32.6. The number of nitrogens with zero attached hydrogens (tertiary/aromatic N) is 3. The Hall–Kier alpha value is -1.26. The van der Waals surface area contributed by atoms with Gasteiger partial charge in [0.1, 0.15) is 5.60 Å². The summed E-state index contributed by atoms with van der Waals surface area (Å²) in [7, 11) is 2.01. The van der Waals surface area contributed by atoms with Crippen LogP contribution in [-0.2, 0) is 9.53 Å². The van der Waals surface area contributed by atoms with Crippen LogP contribution in [0.4, 0.5) is 4.79 Å². The molecule has 182 valence electrons. The van der Waals surface area contributed by atoms with Gasteiger partial charge >= 0.3 is 6.09 Å². The molecule has 1 rings (SSSR count). The molecule has 1 unspecified atom stereocenters. The van der Waals surface area contributed by atoms with Crippen LogP contribution in [0.25, 0.3) is 0 Å². The second kappa shape index (κ2) is 14.7. The number of nitrogens with one attached hydrogen (secondary N) is 2. The van der Waals surface area contributed by atoms with Crippen molar-refractivity contribution in [2.45, 2.75) is 78.9 Å². The Bertz CT molecular complexity index is 578. The third-order valence-electron chi connectivity index (χ3n) is 5.00. The fourth-order valence-corrected chi connectivity index (χ4v) is 3.33. The monoisotopic (exact) mass is 553 g/mol. The number of ether oxygens (including phenoxy) is 1. The van der Waals surface area contributed by atoms with Crippen molar-refractivity contribution in [2.24, 2.45) is 10.9 Å². The molecule has 1 atom stereocenters. The van der Waals surface area contributed by atoms with Gasteiger partial charge in [-0.2, -0.15) is 0 Å². The SMILES string of the molecule is CCNC(=NCCCN1CCCC1=O)N(C)CCC(NC(=O)OC(C)(C)C)C(C)C.I. The molecular weight excluding hydrogens is 509 g/mol. The summed E-state index contributed by atoms with van der Waals surface area (Å²) in [6.45, 7) is 15.7. The minimum absolute atomic E-state index is 0. The maximum Gasteiger partial charge on any atom is 0.407 e. The summed E-state index contributed by atoms with van der Waals surface area (Å²) < 4.78 is 5.40. The number of amides is 2. The van der Waals surface area contributed by atoms with Crippen molar-refractivity contribution in [3.63, 3.8) is 0 Å². The van der Waals surface area contributed by atoms with Gasteiger partial charge in [-0.25, -0.2) is 4.79 Å². The maximum absolute atomic E-state index is 12.2. The predicted molar refractivity (Wildman–Crippen MR) is 137 cm³/mol. The first kappa shape index (κ1) is 29.7. The number of carbonyl (C=O) groups excluding carboxylic acids is 2. The Morgan fingerprint density at radius 1 is 1.32 bits per heavy atom. The molecule has 1 fully saturated rings. The Labute approximate surface area is 205 Å². The second-order valence-corrected chi connectivity index (χ2v) is 9.28. The van der Waals surface area contributed by atoms with E-state index < -0.39 is 5.60 Å². The normalized spacial score (nSPS) is 15.5. The molecule has 0 aliphatic carbocycles. The molecule has 0 aromatic heterocycles. The second-order valence-electron chi connectivity index (χ2n) is 9.28. The summed E-state index contributed by atoms with van der Waals surface area (Å²) in [5, 5.41) is 6.33. The largest absolute Gasteiger partial charge is 0.444 e. The van der Waals surface area contributed by atoms with Crippen molar-refractivity contribution in [3.05, 3.63) is 0 Å². The highest BCUT2D eigenvalue weighted by Crippen LogP contribution is 2.12. The summed E-state index contributed by atoms with van der Waals surface area (Å²) in [6.07, 6.45) is 2.94. The number of guanidine groups is 1. The molecular formula is C22H44IN5O3. The molecule has 0 radical (unpaired) electrons. The fourth-order valence-electron chi connectivity index (χ4n) is 3.33. The van der Waals surface area contributed by atoms with Crippen LogP contribution in [0, 0.1) is 5.92 Å². The number of aliphatic imine (C=N–C) groups is 1. The fraction of sp³-hybridized carbons (Fsp3) is 0.864. The summed E-state index contributed by atoms with van der Waals surface area (Å²) in [5.74, 6) is 1.41. The Kier molecular flexibility index (Phi) is 14.1. The smallest absolute Gasteiger partial charge is 0.407 e. The topological polar surface area (TPSA) is 86.3 Å². The maximum atomic E-state index is 12.2. The van der Waals surface area contributed by atoms with E-state index in [0.717, 1.165) is 51.4 Å². The molecule has 1 saturated heterocycles. The van der Waals surface area contributed by atoms with Crippen LogP contribution >= 0.6 is 24.0 Å². The summed E-state index contributed by atoms with van der Waals surface area (Å²) >= 11 is 0. The van der Waals surface area contributed by atoms with E-state index in [1.807, 2.05) is 39.6 Å². The number of hydrogen-bond donors (Lipinski definition) is 2. The highest BCUT2D eigenvalue weighted by Gasteiger charge is 2.22. The molecule has 8 nitrogen and oxygen atoms in total. The average Bonchev–Trinajstić information content (AvgIpc) is 3.04. The molecule has 1 aliphatic rings. The third-order valence-corrected chi connectivity index (χ3v) is 5.00. The van der Waals surface area contributed by atoms with Crippen LogP contribution < -0.4 is 10.6 Å². The zero-order chi connectivity index (χ0) is 22.7. The minimum atomic E-state index is -0.507. The van der Waals surface area contributed by atoms with E-state index in [0.29, 0.717) is 18.9 Å². The lowest BCUT2D eigenvalue weighted by Crippen LogP contribution is -2.45. The molecule has 9 heteroatoms. The number of hydrogen-bond acceptors (Lipinski definition) is 4. The zero-order valence-electron chi connectivity index (χ0n) is 20.5. The molecule has 31 heavy (non-hydrogen) atoms. The van der Waals surface area contributed by atoms with E-state index in [4.69, 9.17) is 9.73 Å². The van der Waals surface area contributed by atoms with Crippen molar-refractivity contribution in [3.8, 4) is 0 Å². The van der Waals surface area contributed by atoms with Crippen LogP contribution in [0.2, 0.25) is 0 Å². The number of alkyl carbamates (subject to hydrolysis) is 1. The van der Waals surface area contributed by atoms with Gasteiger partial charge < -0.3 is 25.2 Å². The molecule has 0 aromatic rings. The number of halogens is 1. The van der Waals surface area contributed by atoms with Crippen LogP contribution in [0.3, 0.4) is 0 Å². The van der Waals surface area contributed by atoms with Crippen molar-refractivity contribution < 1.29 is 14.3 Å². The number of carbonyl (C=O) groups is 2. The predicted octanol–water partition coefficient (Wildman–Crippen LogP) is 3.45. The Morgan fingerprint density at radius 2 is 2.00 bits per heavy atom. The van der Waals surface area contributed by atoms with Gasteiger partial charge in [-0.05, 0) is 52.9 Å². The van der Waals surface area contributed by atoms with Gasteiger partial charge in [-0.15, -0.1) is 24.0 Å². The van der Waals surface area contributed by atoms with E-state index in [2.05, 4.69) is 29.4 Å². The molecule has 1 heterocycles. The van der Waals surface area contributed by atoms with Gasteiger partial charge in [-0.1, -0.05) is 13.8 Å². The summed E-state index contributed by atoms with van der Waals surface area (Å²) in [5.41, 5.74) is -0.507. The van der Waals surface area contributed by atoms with Crippen molar-refractivity contribution in [2.75, 3.05) is 39.8 Å². The highest BCUT2D eigenvalue weighted by atomic mass is 127. The van der Waals surface area contributed by atoms with Gasteiger partial charge in [0.05, 0.1) is 0 Å². The van der Waals surface area contributed by atoms with Gasteiger partial charge in [-0.3, -0.25) is 9.79 Å². The van der Waals surface area contributed by atoms with Crippen LogP contribution in [-0.4, -0.2) is 79.2 Å². The molecule has 0 aromatic carbocycles. The first-order valence-electron chi connectivity index (χ1n) is 11.3. The highest BCUT2D eigenvalue weighted by molar-refractivity contribution is 14.0. The lowest BCUT2D eigenvalue weighted by Gasteiger charge is -2.28. The van der Waals surface area contributed by atoms with Crippen molar-refractivity contribution >= 4 is 41.9 Å². The van der Waals surface area contributed by atoms with Gasteiger partial charge in [0, 0.05) is 52.2 Å². The van der Waals surface area contributed by atoms with Gasteiger partial charge in [0.2, 0.25) is 5.91 Å². The van der Waals surface area contributed by atoms with Crippen LogP contribution in [0.15, 0.2) is 4.99 Å². The third kappa shape index (κ3) is 12.4. The van der Waals surface area contributed by atoms with E-state index in [1.165, 1.54) is 0 Å². The standard InChI is InChI=1S/C22H43N5O3.HI/c1-8-23-20(24-13-10-15-27-14-9-11-19(27)28)26(7)16-12-18(17(2)3)25-21(29)30-22(4,5)6;/h17-18H,8-16H2,1-7H3,(H,23,24)(H,25,29);1H. The number of likely N-dealkylation sites (tertiary alicyclic amines) is 1. The molecule has 0 saturated carbocycles. The molecule has 0 spiro atoms. The van der Waals surface area contributed by atoms with E-state index >= 15 is 0 Å². The molecule has 2 N–H and O–H groups in total. The van der Waals surface area contributed by atoms with Crippen molar-refractivity contribution in [1.29, 1.82) is 0 Å². The van der Waals surface area contributed by atoms with E-state index in [9.17, 15) is 9.59 Å². The zero-order valence-corrected chi connectivity index (χ0v) is 22.8. The van der Waals surface area contributed by atoms with Crippen LogP contribution in [0.1, 0.15) is 67.2 Å². The quantitative estimate of drug-likeness (QED) is 0.187. The Morgan fingerprint density at radius 3 is 2.52 bits per heavy atom. The van der Waals surface area contributed by atoms with Crippen molar-refractivity contribution in [1.82, 2.24) is 20.4 Å².